The molecule has 0 saturated heterocycles. The summed E-state index contributed by atoms with van der Waals surface area (Å²) in [5.74, 6) is -0.390. The molecule has 226 valence electrons. The summed E-state index contributed by atoms with van der Waals surface area (Å²) in [5.41, 5.74) is 4.37. The fourth-order valence-corrected chi connectivity index (χ4v) is 6.39. The first-order chi connectivity index (χ1) is 20.0. The lowest BCUT2D eigenvalue weighted by atomic mass is 10.0. The predicted molar refractivity (Wildman–Crippen MR) is 174 cm³/mol. The average Bonchev–Trinajstić information content (AvgIpc) is 2.92. The maximum absolute atomic E-state index is 13.9. The molecule has 0 bridgehead atoms. The molecular formula is C33H42BrN3O4S. The first-order valence-electron chi connectivity index (χ1n) is 14.4. The fourth-order valence-electron chi connectivity index (χ4n) is 4.99. The van der Waals surface area contributed by atoms with Gasteiger partial charge in [-0.1, -0.05) is 77.8 Å². The van der Waals surface area contributed by atoms with Crippen LogP contribution in [0.4, 0.5) is 5.69 Å². The lowest BCUT2D eigenvalue weighted by Gasteiger charge is -2.32. The van der Waals surface area contributed by atoms with E-state index in [9.17, 15) is 18.0 Å². The Morgan fingerprint density at radius 2 is 1.57 bits per heavy atom. The van der Waals surface area contributed by atoms with Crippen molar-refractivity contribution in [2.45, 2.75) is 65.5 Å². The molecular weight excluding hydrogens is 614 g/mol. The van der Waals surface area contributed by atoms with Crippen LogP contribution in [0.1, 0.15) is 54.9 Å². The summed E-state index contributed by atoms with van der Waals surface area (Å²) in [5, 5.41) is 3.03. The van der Waals surface area contributed by atoms with Crippen molar-refractivity contribution in [1.82, 2.24) is 10.2 Å². The molecule has 7 nitrogen and oxygen atoms in total. The fraction of sp³-hybridized carbons (Fsp3) is 0.394. The molecule has 9 heteroatoms. The number of unbranched alkanes of at least 4 members (excludes halogenated alkanes) is 1. The molecule has 0 spiro atoms. The van der Waals surface area contributed by atoms with Gasteiger partial charge in [0.1, 0.15) is 6.04 Å². The summed E-state index contributed by atoms with van der Waals surface area (Å²) in [7, 11) is -3.57. The number of hydrogen-bond donors (Lipinski definition) is 1. The van der Waals surface area contributed by atoms with Gasteiger partial charge in [0, 0.05) is 36.9 Å². The Balaban J connectivity index is 1.88. The number of aryl methyl sites for hydroxylation is 2. The van der Waals surface area contributed by atoms with Gasteiger partial charge in [-0.05, 0) is 73.2 Å². The van der Waals surface area contributed by atoms with Gasteiger partial charge in [0.2, 0.25) is 21.8 Å². The van der Waals surface area contributed by atoms with E-state index < -0.39 is 16.1 Å². The first-order valence-corrected chi connectivity index (χ1v) is 17.0. The molecule has 3 aromatic carbocycles. The zero-order valence-electron chi connectivity index (χ0n) is 25.0. The van der Waals surface area contributed by atoms with Crippen molar-refractivity contribution in [3.8, 4) is 0 Å². The number of benzene rings is 3. The lowest BCUT2D eigenvalue weighted by molar-refractivity contribution is -0.141. The number of rotatable bonds is 15. The van der Waals surface area contributed by atoms with E-state index in [0.717, 1.165) is 39.6 Å². The highest BCUT2D eigenvalue weighted by molar-refractivity contribution is 9.10. The van der Waals surface area contributed by atoms with Crippen LogP contribution in [0.3, 0.4) is 0 Å². The van der Waals surface area contributed by atoms with Gasteiger partial charge in [-0.25, -0.2) is 8.42 Å². The molecule has 1 atom stereocenters. The molecule has 0 aliphatic heterocycles. The van der Waals surface area contributed by atoms with E-state index in [1.165, 1.54) is 10.6 Å². The van der Waals surface area contributed by atoms with E-state index in [2.05, 4.69) is 28.2 Å². The summed E-state index contributed by atoms with van der Waals surface area (Å²) in [6.07, 6.45) is 3.76. The summed E-state index contributed by atoms with van der Waals surface area (Å²) < 4.78 is 27.7. The molecule has 0 aliphatic carbocycles. The van der Waals surface area contributed by atoms with Crippen molar-refractivity contribution in [2.75, 3.05) is 23.7 Å². The Bertz CT molecular complexity index is 1430. The number of sulfonamides is 1. The van der Waals surface area contributed by atoms with Crippen LogP contribution in [0.15, 0.2) is 77.3 Å². The Labute approximate surface area is 259 Å². The van der Waals surface area contributed by atoms with E-state index in [1.54, 1.807) is 4.90 Å². The number of hydrogen-bond acceptors (Lipinski definition) is 4. The monoisotopic (exact) mass is 655 g/mol. The van der Waals surface area contributed by atoms with Crippen molar-refractivity contribution in [2.24, 2.45) is 0 Å². The number of carbonyl (C=O) groups is 2. The van der Waals surface area contributed by atoms with Crippen molar-refractivity contribution < 1.29 is 18.0 Å². The Kier molecular flexibility index (Phi) is 12.6. The second-order valence-corrected chi connectivity index (χ2v) is 13.6. The van der Waals surface area contributed by atoms with Crippen molar-refractivity contribution in [3.63, 3.8) is 0 Å². The number of anilines is 1. The molecule has 0 unspecified atom stereocenters. The molecule has 0 fully saturated rings. The van der Waals surface area contributed by atoms with Crippen molar-refractivity contribution >= 4 is 43.5 Å². The minimum atomic E-state index is -3.57. The summed E-state index contributed by atoms with van der Waals surface area (Å²) >= 11 is 3.51. The van der Waals surface area contributed by atoms with Gasteiger partial charge in [-0.3, -0.25) is 13.9 Å². The highest BCUT2D eigenvalue weighted by atomic mass is 79.9. The third-order valence-corrected chi connectivity index (χ3v) is 8.68. The van der Waals surface area contributed by atoms with Crippen molar-refractivity contribution in [1.29, 1.82) is 0 Å². The van der Waals surface area contributed by atoms with Gasteiger partial charge in [-0.2, -0.15) is 0 Å². The zero-order chi connectivity index (χ0) is 30.7. The van der Waals surface area contributed by atoms with E-state index >= 15 is 0 Å². The summed E-state index contributed by atoms with van der Waals surface area (Å²) in [6.45, 7) is 6.87. The molecule has 0 radical (unpaired) electrons. The second-order valence-electron chi connectivity index (χ2n) is 10.8. The summed E-state index contributed by atoms with van der Waals surface area (Å²) in [6, 6.07) is 22.3. The van der Waals surface area contributed by atoms with E-state index in [-0.39, 0.29) is 31.3 Å². The molecule has 2 amide bonds. The van der Waals surface area contributed by atoms with Crippen LogP contribution in [0, 0.1) is 13.8 Å². The van der Waals surface area contributed by atoms with Gasteiger partial charge >= 0.3 is 0 Å². The largest absolute Gasteiger partial charge is 0.354 e. The predicted octanol–water partition coefficient (Wildman–Crippen LogP) is 6.17. The Hall–Kier alpha value is -3.17. The maximum atomic E-state index is 13.9. The lowest BCUT2D eigenvalue weighted by Crippen LogP contribution is -2.50. The first kappa shape index (κ1) is 33.3. The Morgan fingerprint density at radius 3 is 2.19 bits per heavy atom. The van der Waals surface area contributed by atoms with Gasteiger partial charge in [-0.15, -0.1) is 0 Å². The maximum Gasteiger partial charge on any atom is 0.243 e. The highest BCUT2D eigenvalue weighted by Gasteiger charge is 2.30. The highest BCUT2D eigenvalue weighted by Crippen LogP contribution is 2.23. The molecule has 3 rings (SSSR count). The number of nitrogens with zero attached hydrogens (tertiary/aromatic N) is 2. The minimum Gasteiger partial charge on any atom is -0.354 e. The molecule has 0 saturated carbocycles. The van der Waals surface area contributed by atoms with Crippen LogP contribution in [0.2, 0.25) is 0 Å². The number of halogens is 1. The molecule has 1 N–H and O–H groups in total. The SMILES string of the molecule is CCCCNC(=O)[C@H](Cc1ccccc1)N(Cc1cccc(Br)c1)C(=O)CCCN(c1cc(C)cc(C)c1)S(C)(=O)=O. The Morgan fingerprint density at radius 1 is 0.905 bits per heavy atom. The minimum absolute atomic E-state index is 0.0956. The van der Waals surface area contributed by atoms with E-state index in [1.807, 2.05) is 86.6 Å². The van der Waals surface area contributed by atoms with E-state index in [4.69, 9.17) is 0 Å². The van der Waals surface area contributed by atoms with Gasteiger partial charge in [0.25, 0.3) is 0 Å². The molecule has 0 aliphatic rings. The number of nitrogens with one attached hydrogen (secondary N) is 1. The standard InChI is InChI=1S/C33H42BrN3O4S/c1-5-6-17-35-33(39)31(23-27-12-8-7-9-13-27)36(24-28-14-10-15-29(34)22-28)32(38)16-11-18-37(42(4,40)41)30-20-25(2)19-26(3)21-30/h7-10,12-15,19-22,31H,5-6,11,16-18,23-24H2,1-4H3,(H,35,39)/t31-/m0/s1. The van der Waals surface area contributed by atoms with Crippen LogP contribution >= 0.6 is 15.9 Å². The molecule has 0 aromatic heterocycles. The van der Waals surface area contributed by atoms with Crippen molar-refractivity contribution in [3.05, 3.63) is 99.5 Å². The normalized spacial score (nSPS) is 12.0. The quantitative estimate of drug-likeness (QED) is 0.199. The van der Waals surface area contributed by atoms with Gasteiger partial charge in [0.05, 0.1) is 11.9 Å². The zero-order valence-corrected chi connectivity index (χ0v) is 27.4. The summed E-state index contributed by atoms with van der Waals surface area (Å²) in [4.78, 5) is 29.2. The van der Waals surface area contributed by atoms with Crippen LogP contribution in [0.5, 0.6) is 0 Å². The number of carbonyl (C=O) groups excluding carboxylic acids is 2. The van der Waals surface area contributed by atoms with Crippen LogP contribution < -0.4 is 9.62 Å². The van der Waals surface area contributed by atoms with Crippen LogP contribution in [0.25, 0.3) is 0 Å². The van der Waals surface area contributed by atoms with Crippen LogP contribution in [-0.4, -0.2) is 50.5 Å². The average molecular weight is 657 g/mol. The van der Waals surface area contributed by atoms with E-state index in [0.29, 0.717) is 25.1 Å². The van der Waals surface area contributed by atoms with Crippen LogP contribution in [-0.2, 0) is 32.6 Å². The van der Waals surface area contributed by atoms with Gasteiger partial charge < -0.3 is 10.2 Å². The smallest absolute Gasteiger partial charge is 0.243 e. The third-order valence-electron chi connectivity index (χ3n) is 6.99. The topological polar surface area (TPSA) is 86.8 Å². The van der Waals surface area contributed by atoms with Gasteiger partial charge in [0.15, 0.2) is 0 Å². The number of amides is 2. The third kappa shape index (κ3) is 10.3. The molecule has 3 aromatic rings. The second kappa shape index (κ2) is 15.9. The molecule has 42 heavy (non-hydrogen) atoms. The molecule has 0 heterocycles.